The Morgan fingerprint density at radius 1 is 0.938 bits per heavy atom. The highest BCUT2D eigenvalue weighted by Crippen LogP contribution is 2.09. The van der Waals surface area contributed by atoms with E-state index in [1.807, 2.05) is 6.08 Å². The van der Waals surface area contributed by atoms with Crippen LogP contribution in [0.5, 0.6) is 0 Å². The Hall–Kier alpha value is -1.60. The molecule has 0 unspecified atom stereocenters. The first-order valence-electron chi connectivity index (χ1n) is 5.39. The van der Waals surface area contributed by atoms with Crippen molar-refractivity contribution < 1.29 is 0 Å². The molecule has 2 aromatic carbocycles. The second-order valence-electron chi connectivity index (χ2n) is 3.62. The number of rotatable bonds is 4. The van der Waals surface area contributed by atoms with Crippen LogP contribution in [-0.2, 0) is 6.04 Å². The normalized spacial score (nSPS) is 10.0. The second kappa shape index (κ2) is 5.47. The maximum absolute atomic E-state index is 3.85. The van der Waals surface area contributed by atoms with Crippen molar-refractivity contribution in [3.8, 4) is 0 Å². The summed E-state index contributed by atoms with van der Waals surface area (Å²) in [5.74, 6) is 0. The maximum atomic E-state index is 3.85. The van der Waals surface area contributed by atoms with Crippen LogP contribution in [0.4, 0.5) is 0 Å². The zero-order valence-corrected chi connectivity index (χ0v) is 10.2. The van der Waals surface area contributed by atoms with E-state index in [1.54, 1.807) is 0 Å². The third-order valence-corrected chi connectivity index (χ3v) is 3.83. The topological polar surface area (TPSA) is 0 Å². The molecule has 0 aliphatic rings. The molecule has 0 N–H and O–H groups in total. The Balaban J connectivity index is 2.08. The lowest BCUT2D eigenvalue weighted by Gasteiger charge is -2.04. The number of benzene rings is 2. The van der Waals surface area contributed by atoms with Crippen molar-refractivity contribution in [1.29, 1.82) is 0 Å². The smallest absolute Gasteiger partial charge is 0.0856 e. The van der Waals surface area contributed by atoms with Crippen molar-refractivity contribution in [1.82, 2.24) is 0 Å². The van der Waals surface area contributed by atoms with Crippen molar-refractivity contribution in [3.05, 3.63) is 72.3 Å². The molecule has 0 spiro atoms. The van der Waals surface area contributed by atoms with E-state index in [0.29, 0.717) is 0 Å². The van der Waals surface area contributed by atoms with Crippen LogP contribution in [-0.4, -0.2) is 9.52 Å². The van der Waals surface area contributed by atoms with Crippen molar-refractivity contribution in [2.45, 2.75) is 6.04 Å². The molecule has 0 amide bonds. The standard InChI is InChI=1S/C15H14Si/c1-2-13-8-6-7-9-14(13)12-16-15-10-4-3-5-11-15/h2-11H,1,12H2. The second-order valence-corrected chi connectivity index (χ2v) is 4.91. The Labute approximate surface area is 99.5 Å². The fourth-order valence-corrected chi connectivity index (χ4v) is 2.79. The molecule has 1 heteroatoms. The molecule has 0 fully saturated rings. The quantitative estimate of drug-likeness (QED) is 0.698. The Kier molecular flexibility index (Phi) is 3.73. The largest absolute Gasteiger partial charge is 0.0985 e. The Morgan fingerprint density at radius 3 is 2.38 bits per heavy atom. The van der Waals surface area contributed by atoms with E-state index in [9.17, 15) is 0 Å². The van der Waals surface area contributed by atoms with E-state index >= 15 is 0 Å². The van der Waals surface area contributed by atoms with Gasteiger partial charge in [0.05, 0.1) is 9.52 Å². The van der Waals surface area contributed by atoms with Crippen molar-refractivity contribution in [2.24, 2.45) is 0 Å². The summed E-state index contributed by atoms with van der Waals surface area (Å²) >= 11 is 0. The molecule has 78 valence electrons. The molecule has 0 bridgehead atoms. The van der Waals surface area contributed by atoms with Gasteiger partial charge in [0.1, 0.15) is 0 Å². The number of hydrogen-bond acceptors (Lipinski definition) is 0. The molecule has 0 aromatic heterocycles. The molecule has 0 nitrogen and oxygen atoms in total. The number of hydrogen-bond donors (Lipinski definition) is 0. The van der Waals surface area contributed by atoms with Crippen LogP contribution in [0, 0.1) is 0 Å². The van der Waals surface area contributed by atoms with E-state index in [-0.39, 0.29) is 0 Å². The van der Waals surface area contributed by atoms with E-state index in [1.165, 1.54) is 16.3 Å². The van der Waals surface area contributed by atoms with Gasteiger partial charge in [0.25, 0.3) is 0 Å². The first-order valence-corrected chi connectivity index (χ1v) is 6.60. The van der Waals surface area contributed by atoms with Gasteiger partial charge in [-0.05, 0) is 17.2 Å². The van der Waals surface area contributed by atoms with Crippen molar-refractivity contribution >= 4 is 20.8 Å². The first kappa shape index (κ1) is 10.9. The predicted molar refractivity (Wildman–Crippen MR) is 72.1 cm³/mol. The molecule has 0 saturated carbocycles. The minimum absolute atomic E-state index is 0.834. The molecule has 0 aliphatic carbocycles. The summed E-state index contributed by atoms with van der Waals surface area (Å²) in [6.07, 6.45) is 1.94. The third-order valence-electron chi connectivity index (χ3n) is 2.53. The summed E-state index contributed by atoms with van der Waals surface area (Å²) in [6.45, 7) is 3.85. The molecule has 2 aromatic rings. The van der Waals surface area contributed by atoms with Gasteiger partial charge in [0, 0.05) is 0 Å². The minimum Gasteiger partial charge on any atom is -0.0985 e. The van der Waals surface area contributed by atoms with E-state index < -0.39 is 0 Å². The SMILES string of the molecule is C=Cc1ccccc1C[Si]c1ccccc1. The fraction of sp³-hybridized carbons (Fsp3) is 0.0667. The summed E-state index contributed by atoms with van der Waals surface area (Å²) in [5.41, 5.74) is 2.64. The van der Waals surface area contributed by atoms with E-state index in [4.69, 9.17) is 0 Å². The summed E-state index contributed by atoms with van der Waals surface area (Å²) in [7, 11) is 0.834. The molecular weight excluding hydrogens is 208 g/mol. The highest BCUT2D eigenvalue weighted by molar-refractivity contribution is 6.52. The molecule has 16 heavy (non-hydrogen) atoms. The highest BCUT2D eigenvalue weighted by Gasteiger charge is 1.99. The summed E-state index contributed by atoms with van der Waals surface area (Å²) in [5, 5.41) is 1.42. The van der Waals surface area contributed by atoms with Crippen LogP contribution in [0.3, 0.4) is 0 Å². The molecular formula is C15H14Si. The summed E-state index contributed by atoms with van der Waals surface area (Å²) in [6, 6.07) is 20.2. The van der Waals surface area contributed by atoms with Crippen molar-refractivity contribution in [2.75, 3.05) is 0 Å². The van der Waals surface area contributed by atoms with Crippen LogP contribution in [0.15, 0.2) is 61.2 Å². The molecule has 0 atom stereocenters. The van der Waals surface area contributed by atoms with Gasteiger partial charge < -0.3 is 0 Å². The third kappa shape index (κ3) is 2.71. The van der Waals surface area contributed by atoms with Crippen LogP contribution >= 0.6 is 0 Å². The van der Waals surface area contributed by atoms with Crippen LogP contribution in [0.1, 0.15) is 11.1 Å². The zero-order valence-electron chi connectivity index (χ0n) is 9.19. The molecule has 0 heterocycles. The van der Waals surface area contributed by atoms with Gasteiger partial charge in [-0.2, -0.15) is 0 Å². The average Bonchev–Trinajstić information content (AvgIpc) is 2.38. The van der Waals surface area contributed by atoms with Crippen molar-refractivity contribution in [3.63, 3.8) is 0 Å². The fourth-order valence-electron chi connectivity index (χ4n) is 1.65. The van der Waals surface area contributed by atoms with Crippen LogP contribution in [0.2, 0.25) is 0 Å². The monoisotopic (exact) mass is 222 g/mol. The molecule has 2 rings (SSSR count). The van der Waals surface area contributed by atoms with Gasteiger partial charge in [0.2, 0.25) is 0 Å². The van der Waals surface area contributed by atoms with E-state index in [2.05, 4.69) is 61.2 Å². The van der Waals surface area contributed by atoms with Gasteiger partial charge in [-0.15, -0.1) is 0 Å². The maximum Gasteiger partial charge on any atom is 0.0856 e. The molecule has 0 aliphatic heterocycles. The predicted octanol–water partition coefficient (Wildman–Crippen LogP) is 2.86. The Bertz CT molecular complexity index is 460. The van der Waals surface area contributed by atoms with Crippen LogP contribution < -0.4 is 5.19 Å². The minimum atomic E-state index is 0.834. The zero-order chi connectivity index (χ0) is 11.2. The lowest BCUT2D eigenvalue weighted by molar-refractivity contribution is 1.37. The van der Waals surface area contributed by atoms with Gasteiger partial charge in [0.15, 0.2) is 0 Å². The Morgan fingerprint density at radius 2 is 1.62 bits per heavy atom. The summed E-state index contributed by atoms with van der Waals surface area (Å²) in [4.78, 5) is 0. The molecule has 2 radical (unpaired) electrons. The molecule has 0 saturated heterocycles. The lowest BCUT2D eigenvalue weighted by Crippen LogP contribution is -2.16. The average molecular weight is 222 g/mol. The van der Waals surface area contributed by atoms with Gasteiger partial charge in [-0.3, -0.25) is 0 Å². The van der Waals surface area contributed by atoms with Gasteiger partial charge in [-0.1, -0.05) is 72.4 Å². The first-order chi connectivity index (χ1) is 7.90. The van der Waals surface area contributed by atoms with Crippen LogP contribution in [0.25, 0.3) is 6.08 Å². The van der Waals surface area contributed by atoms with Gasteiger partial charge in [-0.25, -0.2) is 0 Å². The van der Waals surface area contributed by atoms with E-state index in [0.717, 1.165) is 15.6 Å². The summed E-state index contributed by atoms with van der Waals surface area (Å²) < 4.78 is 0. The highest BCUT2D eigenvalue weighted by atomic mass is 28.2. The lowest BCUT2D eigenvalue weighted by atomic mass is 10.1. The van der Waals surface area contributed by atoms with Gasteiger partial charge >= 0.3 is 0 Å².